The van der Waals surface area contributed by atoms with Crippen molar-refractivity contribution in [3.8, 4) is 0 Å². The molecule has 2 aromatic heterocycles. The number of hydrogen-bond acceptors (Lipinski definition) is 3. The van der Waals surface area contributed by atoms with Crippen LogP contribution in [0.3, 0.4) is 0 Å². The van der Waals surface area contributed by atoms with Crippen molar-refractivity contribution >= 4 is 12.4 Å². The summed E-state index contributed by atoms with van der Waals surface area (Å²) in [5.74, 6) is -1.39. The zero-order valence-corrected chi connectivity index (χ0v) is 10.9. The van der Waals surface area contributed by atoms with Crippen LogP contribution in [0.4, 0.5) is 17.6 Å². The van der Waals surface area contributed by atoms with Crippen LogP contribution in [0.5, 0.6) is 0 Å². The molecule has 2 aromatic rings. The van der Waals surface area contributed by atoms with Gasteiger partial charge in [0.15, 0.2) is 11.5 Å². The minimum absolute atomic E-state index is 0. The van der Waals surface area contributed by atoms with E-state index in [-0.39, 0.29) is 24.5 Å². The number of rotatable bonds is 3. The van der Waals surface area contributed by atoms with Crippen molar-refractivity contribution in [1.29, 1.82) is 0 Å². The van der Waals surface area contributed by atoms with Crippen molar-refractivity contribution in [3.05, 3.63) is 47.3 Å². The Balaban J connectivity index is 0.00000200. The molecule has 20 heavy (non-hydrogen) atoms. The van der Waals surface area contributed by atoms with Gasteiger partial charge in [0.1, 0.15) is 0 Å². The molecule has 9 heteroatoms. The largest absolute Gasteiger partial charge is 0.436 e. The van der Waals surface area contributed by atoms with E-state index in [0.29, 0.717) is 6.54 Å². The number of hydrogen-bond donors (Lipinski definition) is 1. The van der Waals surface area contributed by atoms with Crippen molar-refractivity contribution in [1.82, 2.24) is 14.8 Å². The third kappa shape index (κ3) is 3.67. The number of nitrogens with two attached hydrogens (primary N) is 1. The minimum atomic E-state index is -4.79. The lowest BCUT2D eigenvalue weighted by molar-refractivity contribution is -0.143. The first-order chi connectivity index (χ1) is 8.90. The molecule has 0 aliphatic carbocycles. The van der Waals surface area contributed by atoms with Gasteiger partial charge in [-0.3, -0.25) is 4.68 Å². The lowest BCUT2D eigenvalue weighted by atomic mass is 10.2. The molecule has 4 nitrogen and oxygen atoms in total. The minimum Gasteiger partial charge on any atom is -0.326 e. The van der Waals surface area contributed by atoms with Gasteiger partial charge in [-0.1, -0.05) is 0 Å². The van der Waals surface area contributed by atoms with Gasteiger partial charge in [-0.2, -0.15) is 18.3 Å². The highest BCUT2D eigenvalue weighted by Gasteiger charge is 2.36. The zero-order chi connectivity index (χ0) is 14.0. The van der Waals surface area contributed by atoms with E-state index >= 15 is 0 Å². The van der Waals surface area contributed by atoms with Crippen LogP contribution < -0.4 is 5.73 Å². The molecular formula is C11H11ClF4N4. The predicted molar refractivity (Wildman–Crippen MR) is 65.7 cm³/mol. The van der Waals surface area contributed by atoms with Crippen LogP contribution in [0.25, 0.3) is 0 Å². The molecule has 2 heterocycles. The summed E-state index contributed by atoms with van der Waals surface area (Å²) >= 11 is 0. The molecule has 0 saturated heterocycles. The molecule has 0 bridgehead atoms. The Labute approximate surface area is 118 Å². The van der Waals surface area contributed by atoms with Crippen LogP contribution in [0.1, 0.15) is 16.8 Å². The van der Waals surface area contributed by atoms with Crippen molar-refractivity contribution in [2.45, 2.75) is 19.3 Å². The number of halogens is 5. The summed E-state index contributed by atoms with van der Waals surface area (Å²) in [4.78, 5) is 3.11. The van der Waals surface area contributed by atoms with E-state index in [1.807, 2.05) is 0 Å². The number of alkyl halides is 3. The van der Waals surface area contributed by atoms with E-state index in [0.717, 1.165) is 17.8 Å². The van der Waals surface area contributed by atoms with Crippen molar-refractivity contribution in [2.75, 3.05) is 0 Å². The molecule has 0 aliphatic rings. The molecule has 0 fully saturated rings. The van der Waals surface area contributed by atoms with E-state index in [9.17, 15) is 17.6 Å². The average Bonchev–Trinajstić information content (AvgIpc) is 2.75. The van der Waals surface area contributed by atoms with Crippen LogP contribution >= 0.6 is 12.4 Å². The first-order valence-electron chi connectivity index (χ1n) is 5.33. The summed E-state index contributed by atoms with van der Waals surface area (Å²) < 4.78 is 51.7. The maximum atomic E-state index is 13.3. The van der Waals surface area contributed by atoms with Gasteiger partial charge in [0.2, 0.25) is 0 Å². The van der Waals surface area contributed by atoms with Gasteiger partial charge < -0.3 is 5.73 Å². The van der Waals surface area contributed by atoms with Gasteiger partial charge in [-0.15, -0.1) is 12.4 Å². The summed E-state index contributed by atoms with van der Waals surface area (Å²) in [5, 5.41) is 3.95. The first kappa shape index (κ1) is 16.4. The standard InChI is InChI=1S/C11H10F4N4.ClH/c12-9-1-7(3-17-10(9)11(13,14)15)5-19-6-8(2-16)4-18-19;/h1,3-4,6H,2,5,16H2;1H. The Morgan fingerprint density at radius 3 is 2.40 bits per heavy atom. The van der Waals surface area contributed by atoms with E-state index in [2.05, 4.69) is 10.1 Å². The molecule has 0 amide bonds. The molecule has 0 unspecified atom stereocenters. The quantitative estimate of drug-likeness (QED) is 0.886. The average molecular weight is 311 g/mol. The van der Waals surface area contributed by atoms with Crippen molar-refractivity contribution in [3.63, 3.8) is 0 Å². The fraction of sp³-hybridized carbons (Fsp3) is 0.273. The van der Waals surface area contributed by atoms with Crippen LogP contribution in [-0.2, 0) is 19.3 Å². The Kier molecular flexibility index (Phi) is 5.07. The van der Waals surface area contributed by atoms with Gasteiger partial charge in [-0.25, -0.2) is 9.37 Å². The normalized spacial score (nSPS) is 11.2. The Morgan fingerprint density at radius 2 is 1.90 bits per heavy atom. The van der Waals surface area contributed by atoms with Crippen LogP contribution in [-0.4, -0.2) is 14.8 Å². The second-order valence-corrected chi connectivity index (χ2v) is 3.92. The summed E-state index contributed by atoms with van der Waals surface area (Å²) in [5.41, 5.74) is 4.95. The summed E-state index contributed by atoms with van der Waals surface area (Å²) in [6.07, 6.45) is -0.639. The van der Waals surface area contributed by atoms with E-state index in [4.69, 9.17) is 5.73 Å². The maximum absolute atomic E-state index is 13.3. The second-order valence-electron chi connectivity index (χ2n) is 3.92. The van der Waals surface area contributed by atoms with Gasteiger partial charge in [0.05, 0.1) is 12.7 Å². The molecule has 0 spiro atoms. The lowest BCUT2D eigenvalue weighted by Gasteiger charge is -2.08. The second kappa shape index (κ2) is 6.19. The van der Waals surface area contributed by atoms with Crippen molar-refractivity contribution in [2.24, 2.45) is 5.73 Å². The summed E-state index contributed by atoms with van der Waals surface area (Å²) in [7, 11) is 0. The topological polar surface area (TPSA) is 56.7 Å². The highest BCUT2D eigenvalue weighted by Crippen LogP contribution is 2.29. The highest BCUT2D eigenvalue weighted by molar-refractivity contribution is 5.85. The van der Waals surface area contributed by atoms with E-state index in [1.54, 1.807) is 6.20 Å². The fourth-order valence-corrected chi connectivity index (χ4v) is 1.56. The zero-order valence-electron chi connectivity index (χ0n) is 10.1. The number of aromatic nitrogens is 3. The number of nitrogens with zero attached hydrogens (tertiary/aromatic N) is 3. The van der Waals surface area contributed by atoms with Crippen molar-refractivity contribution < 1.29 is 17.6 Å². The molecule has 2 rings (SSSR count). The third-order valence-electron chi connectivity index (χ3n) is 2.43. The third-order valence-corrected chi connectivity index (χ3v) is 2.43. The van der Waals surface area contributed by atoms with Gasteiger partial charge in [0.25, 0.3) is 0 Å². The van der Waals surface area contributed by atoms with Crippen LogP contribution in [0, 0.1) is 5.82 Å². The molecular weight excluding hydrogens is 300 g/mol. The molecule has 110 valence electrons. The summed E-state index contributed by atoms with van der Waals surface area (Å²) in [6.45, 7) is 0.432. The molecule has 2 N–H and O–H groups in total. The Bertz CT molecular complexity index is 582. The van der Waals surface area contributed by atoms with Gasteiger partial charge in [-0.05, 0) is 11.6 Å². The predicted octanol–water partition coefficient (Wildman–Crippen LogP) is 2.36. The van der Waals surface area contributed by atoms with Crippen LogP contribution in [0.2, 0.25) is 0 Å². The highest BCUT2D eigenvalue weighted by atomic mass is 35.5. The molecule has 0 aliphatic heterocycles. The monoisotopic (exact) mass is 310 g/mol. The molecule has 0 aromatic carbocycles. The summed E-state index contributed by atoms with van der Waals surface area (Å²) in [6, 6.07) is 0.805. The van der Waals surface area contributed by atoms with E-state index < -0.39 is 17.7 Å². The van der Waals surface area contributed by atoms with Gasteiger partial charge >= 0.3 is 6.18 Å². The number of pyridine rings is 1. The molecule has 0 atom stereocenters. The van der Waals surface area contributed by atoms with Gasteiger partial charge in [0, 0.05) is 24.5 Å². The Hall–Kier alpha value is -1.67. The Morgan fingerprint density at radius 1 is 1.20 bits per heavy atom. The molecule has 0 saturated carbocycles. The lowest BCUT2D eigenvalue weighted by Crippen LogP contribution is -2.12. The molecule has 0 radical (unpaired) electrons. The SMILES string of the molecule is Cl.NCc1cnn(Cc2cnc(C(F)(F)F)c(F)c2)c1. The smallest absolute Gasteiger partial charge is 0.326 e. The first-order valence-corrected chi connectivity index (χ1v) is 5.33. The van der Waals surface area contributed by atoms with E-state index in [1.165, 1.54) is 10.9 Å². The fourth-order valence-electron chi connectivity index (χ4n) is 1.56. The van der Waals surface area contributed by atoms with Crippen LogP contribution in [0.15, 0.2) is 24.7 Å². The maximum Gasteiger partial charge on any atom is 0.436 e.